The largest absolute Gasteiger partial charge is 0.497 e. The molecule has 0 bridgehead atoms. The molecule has 1 aliphatic carbocycles. The smallest absolute Gasteiger partial charge is 0.119 e. The molecule has 6 aromatic rings. The Kier molecular flexibility index (Phi) is 5.84. The maximum atomic E-state index is 5.49. The van der Waals surface area contributed by atoms with Gasteiger partial charge in [-0.1, -0.05) is 86.7 Å². The van der Waals surface area contributed by atoms with Crippen molar-refractivity contribution in [2.75, 3.05) is 12.0 Å². The second-order valence-corrected chi connectivity index (χ2v) is 12.2. The van der Waals surface area contributed by atoms with Crippen LogP contribution in [0.2, 0.25) is 0 Å². The van der Waals surface area contributed by atoms with E-state index in [2.05, 4.69) is 145 Å². The summed E-state index contributed by atoms with van der Waals surface area (Å²) in [6, 6.07) is 40.0. The lowest BCUT2D eigenvalue weighted by atomic mass is 9.75. The van der Waals surface area contributed by atoms with E-state index in [1.165, 1.54) is 44.2 Å². The summed E-state index contributed by atoms with van der Waals surface area (Å²) in [5, 5.41) is 2.55. The number of hydrogen-bond acceptors (Lipinski definition) is 2. The Bertz CT molecular complexity index is 2060. The minimum Gasteiger partial charge on any atom is -0.497 e. The molecule has 0 amide bonds. The highest BCUT2D eigenvalue weighted by Gasteiger charge is 2.34. The summed E-state index contributed by atoms with van der Waals surface area (Å²) in [4.78, 5) is 2.35. The fraction of sp³-hybridized carbons (Fsp3) is 0.150. The van der Waals surface area contributed by atoms with Crippen LogP contribution in [0.5, 0.6) is 5.75 Å². The SMILES string of the molecule is COc1ccc(N(c2ccc(C3C=CC=CC3)cc2)c2ccc3c(c2)c2cccc4c2n3-c2ccccc2C4(C)C)cc1. The molecule has 0 N–H and O–H groups in total. The zero-order valence-electron chi connectivity index (χ0n) is 24.8. The third-order valence-corrected chi connectivity index (χ3v) is 9.41. The number of rotatable bonds is 5. The molecule has 8 rings (SSSR count). The fourth-order valence-corrected chi connectivity index (χ4v) is 7.17. The van der Waals surface area contributed by atoms with Gasteiger partial charge >= 0.3 is 0 Å². The normalized spacial score (nSPS) is 16.4. The van der Waals surface area contributed by atoms with Gasteiger partial charge in [0.2, 0.25) is 0 Å². The molecule has 0 saturated heterocycles. The topological polar surface area (TPSA) is 17.4 Å². The van der Waals surface area contributed by atoms with Crippen molar-refractivity contribution in [3.05, 3.63) is 150 Å². The van der Waals surface area contributed by atoms with E-state index in [-0.39, 0.29) is 5.41 Å². The summed E-state index contributed by atoms with van der Waals surface area (Å²) >= 11 is 0. The van der Waals surface area contributed by atoms with Crippen molar-refractivity contribution in [1.29, 1.82) is 0 Å². The molecule has 43 heavy (non-hydrogen) atoms. The second kappa shape index (κ2) is 9.78. The van der Waals surface area contributed by atoms with Crippen LogP contribution in [0.25, 0.3) is 27.5 Å². The van der Waals surface area contributed by atoms with Gasteiger partial charge in [0.1, 0.15) is 5.75 Å². The maximum Gasteiger partial charge on any atom is 0.119 e. The van der Waals surface area contributed by atoms with Crippen LogP contribution in [0.4, 0.5) is 17.1 Å². The van der Waals surface area contributed by atoms with Crippen LogP contribution in [0.1, 0.15) is 42.9 Å². The number of hydrogen-bond donors (Lipinski definition) is 0. The molecule has 210 valence electrons. The van der Waals surface area contributed by atoms with Crippen molar-refractivity contribution < 1.29 is 4.74 Å². The average Bonchev–Trinajstić information content (AvgIpc) is 3.39. The van der Waals surface area contributed by atoms with Gasteiger partial charge in [-0.3, -0.25) is 0 Å². The molecule has 2 heterocycles. The minimum atomic E-state index is -0.0799. The van der Waals surface area contributed by atoms with E-state index in [1.807, 2.05) is 12.1 Å². The Morgan fingerprint density at radius 3 is 2.19 bits per heavy atom. The van der Waals surface area contributed by atoms with E-state index < -0.39 is 0 Å². The van der Waals surface area contributed by atoms with E-state index in [1.54, 1.807) is 7.11 Å². The summed E-state index contributed by atoms with van der Waals surface area (Å²) < 4.78 is 7.97. The Morgan fingerprint density at radius 1 is 0.721 bits per heavy atom. The second-order valence-electron chi connectivity index (χ2n) is 12.2. The molecule has 2 aliphatic rings. The third kappa shape index (κ3) is 3.95. The van der Waals surface area contributed by atoms with Crippen molar-refractivity contribution in [2.24, 2.45) is 0 Å². The summed E-state index contributed by atoms with van der Waals surface area (Å²) in [7, 11) is 1.71. The summed E-state index contributed by atoms with van der Waals surface area (Å²) in [6.07, 6.45) is 9.86. The molecule has 5 aromatic carbocycles. The molecule has 1 unspecified atom stereocenters. The van der Waals surface area contributed by atoms with Crippen LogP contribution in [0.15, 0.2) is 133 Å². The van der Waals surface area contributed by atoms with Gasteiger partial charge in [0.05, 0.1) is 23.8 Å². The molecule has 0 saturated carbocycles. The fourth-order valence-electron chi connectivity index (χ4n) is 7.17. The van der Waals surface area contributed by atoms with E-state index >= 15 is 0 Å². The zero-order chi connectivity index (χ0) is 29.1. The minimum absolute atomic E-state index is 0.0799. The first kappa shape index (κ1) is 25.7. The average molecular weight is 559 g/mol. The highest BCUT2D eigenvalue weighted by Crippen LogP contribution is 2.48. The van der Waals surface area contributed by atoms with Crippen LogP contribution in [-0.4, -0.2) is 11.7 Å². The summed E-state index contributed by atoms with van der Waals surface area (Å²) in [5.74, 6) is 1.27. The molecule has 3 heteroatoms. The monoisotopic (exact) mass is 558 g/mol. The van der Waals surface area contributed by atoms with Crippen LogP contribution in [0, 0.1) is 0 Å². The summed E-state index contributed by atoms with van der Waals surface area (Å²) in [6.45, 7) is 4.70. The highest BCUT2D eigenvalue weighted by atomic mass is 16.5. The molecule has 0 fully saturated rings. The lowest BCUT2D eigenvalue weighted by Crippen LogP contribution is -2.26. The number of ether oxygens (including phenoxy) is 1. The number of methoxy groups -OCH3 is 1. The van der Waals surface area contributed by atoms with E-state index in [9.17, 15) is 0 Å². The Labute approximate surface area is 253 Å². The molecule has 0 spiro atoms. The molecular formula is C40H34N2O. The van der Waals surface area contributed by atoms with Gasteiger partial charge in [0.15, 0.2) is 0 Å². The number of anilines is 3. The Hall–Kier alpha value is -5.02. The third-order valence-electron chi connectivity index (χ3n) is 9.41. The Morgan fingerprint density at radius 2 is 1.44 bits per heavy atom. The first-order valence-corrected chi connectivity index (χ1v) is 15.1. The van der Waals surface area contributed by atoms with Crippen molar-refractivity contribution >= 4 is 38.9 Å². The number of fused-ring (bicyclic) bond motifs is 5. The first-order chi connectivity index (χ1) is 21.0. The van der Waals surface area contributed by atoms with Crippen LogP contribution >= 0.6 is 0 Å². The molecule has 1 aliphatic heterocycles. The first-order valence-electron chi connectivity index (χ1n) is 15.1. The molecule has 1 atom stereocenters. The van der Waals surface area contributed by atoms with Gasteiger partial charge < -0.3 is 14.2 Å². The molecule has 3 nitrogen and oxygen atoms in total. The van der Waals surface area contributed by atoms with Crippen molar-refractivity contribution in [2.45, 2.75) is 31.6 Å². The van der Waals surface area contributed by atoms with Gasteiger partial charge in [-0.15, -0.1) is 0 Å². The highest BCUT2D eigenvalue weighted by molar-refractivity contribution is 6.12. The Balaban J connectivity index is 1.32. The van der Waals surface area contributed by atoms with Gasteiger partial charge in [0, 0.05) is 39.2 Å². The van der Waals surface area contributed by atoms with Crippen LogP contribution in [-0.2, 0) is 5.41 Å². The lowest BCUT2D eigenvalue weighted by Gasteiger charge is -2.34. The number of benzene rings is 5. The maximum absolute atomic E-state index is 5.49. The van der Waals surface area contributed by atoms with E-state index in [0.717, 1.165) is 29.2 Å². The van der Waals surface area contributed by atoms with Gasteiger partial charge in [-0.2, -0.15) is 0 Å². The van der Waals surface area contributed by atoms with Crippen molar-refractivity contribution in [1.82, 2.24) is 4.57 Å². The molecule has 1 aromatic heterocycles. The summed E-state index contributed by atoms with van der Waals surface area (Å²) in [5.41, 5.74) is 11.2. The lowest BCUT2D eigenvalue weighted by molar-refractivity contribution is 0.415. The van der Waals surface area contributed by atoms with E-state index in [0.29, 0.717) is 5.92 Å². The standard InChI is InChI=1S/C40H34N2O/c1-40(2)35-13-7-8-15-38(35)42-37-25-22-31(26-34(37)33-12-9-14-36(40)39(33)42)41(30-20-23-32(43-3)24-21-30)29-18-16-28(17-19-29)27-10-5-4-6-11-27/h4-10,12-27H,11H2,1-3H3. The van der Waals surface area contributed by atoms with Crippen LogP contribution in [0.3, 0.4) is 0 Å². The molecule has 0 radical (unpaired) electrons. The van der Waals surface area contributed by atoms with Crippen LogP contribution < -0.4 is 9.64 Å². The van der Waals surface area contributed by atoms with Gasteiger partial charge in [0.25, 0.3) is 0 Å². The zero-order valence-corrected chi connectivity index (χ0v) is 24.8. The number of para-hydroxylation sites is 2. The number of allylic oxidation sites excluding steroid dienone is 4. The van der Waals surface area contributed by atoms with Gasteiger partial charge in [-0.05, 0) is 83.8 Å². The predicted octanol–water partition coefficient (Wildman–Crippen LogP) is 10.5. The van der Waals surface area contributed by atoms with Gasteiger partial charge in [-0.25, -0.2) is 0 Å². The van der Waals surface area contributed by atoms with E-state index in [4.69, 9.17) is 4.74 Å². The predicted molar refractivity (Wildman–Crippen MR) is 180 cm³/mol. The van der Waals surface area contributed by atoms with Crippen molar-refractivity contribution in [3.63, 3.8) is 0 Å². The van der Waals surface area contributed by atoms with Crippen molar-refractivity contribution in [3.8, 4) is 11.4 Å². The number of aromatic nitrogens is 1. The number of nitrogens with zero attached hydrogens (tertiary/aromatic N) is 2. The molecular weight excluding hydrogens is 524 g/mol. The quantitative estimate of drug-likeness (QED) is 0.209.